The summed E-state index contributed by atoms with van der Waals surface area (Å²) in [5, 5.41) is 12.6. The van der Waals surface area contributed by atoms with E-state index >= 15 is 0 Å². The molecule has 112 valence electrons. The van der Waals surface area contributed by atoms with E-state index in [9.17, 15) is 19.5 Å². The lowest BCUT2D eigenvalue weighted by atomic mass is 10.1. The van der Waals surface area contributed by atoms with E-state index in [1.165, 1.54) is 4.90 Å². The second-order valence-corrected chi connectivity index (χ2v) is 5.24. The van der Waals surface area contributed by atoms with E-state index in [0.29, 0.717) is 0 Å². The highest BCUT2D eigenvalue weighted by Crippen LogP contribution is 2.18. The molecular weight excluding hydrogens is 268 g/mol. The van der Waals surface area contributed by atoms with Crippen molar-refractivity contribution in [2.75, 3.05) is 6.54 Å². The first-order valence-electron chi connectivity index (χ1n) is 6.38. The Hall–Kier alpha value is -1.87. The number of amides is 1. The van der Waals surface area contributed by atoms with Gasteiger partial charge in [0.2, 0.25) is 5.91 Å². The van der Waals surface area contributed by atoms with E-state index in [1.54, 1.807) is 6.92 Å². The van der Waals surface area contributed by atoms with Crippen LogP contribution in [0.25, 0.3) is 0 Å². The van der Waals surface area contributed by atoms with Gasteiger partial charge in [-0.15, -0.1) is 4.74 Å². The predicted molar refractivity (Wildman–Crippen MR) is 67.8 cm³/mol. The summed E-state index contributed by atoms with van der Waals surface area (Å²) in [6, 6.07) is -1.04. The van der Waals surface area contributed by atoms with Gasteiger partial charge in [0.05, 0.1) is 12.1 Å². The third-order valence-electron chi connectivity index (χ3n) is 3.29. The van der Waals surface area contributed by atoms with Gasteiger partial charge in [0.15, 0.2) is 6.35 Å². The molecule has 1 aliphatic heterocycles. The van der Waals surface area contributed by atoms with Gasteiger partial charge < -0.3 is 14.5 Å². The van der Waals surface area contributed by atoms with Gasteiger partial charge in [-0.3, -0.25) is 10.1 Å². The number of rotatable bonds is 4. The highest BCUT2D eigenvalue weighted by molar-refractivity contribution is 5.84. The van der Waals surface area contributed by atoms with Crippen LogP contribution in [0.3, 0.4) is 0 Å². The zero-order valence-corrected chi connectivity index (χ0v) is 11.5. The molecule has 3 atom stereocenters. The lowest BCUT2D eigenvalue weighted by molar-refractivity contribution is -0.135. The minimum Gasteiger partial charge on any atom is -0.361 e. The van der Waals surface area contributed by atoms with Crippen LogP contribution in [0.4, 0.5) is 0 Å². The lowest BCUT2D eigenvalue weighted by Gasteiger charge is -2.22. The number of aromatic nitrogens is 2. The minimum atomic E-state index is -1.11. The van der Waals surface area contributed by atoms with Crippen molar-refractivity contribution in [2.24, 2.45) is 5.92 Å². The molecule has 0 radical (unpaired) electrons. The monoisotopic (exact) mass is 286 g/mol. The molecule has 0 aliphatic carbocycles. The van der Waals surface area contributed by atoms with E-state index in [0.717, 1.165) is 4.74 Å². The molecule has 20 heavy (non-hydrogen) atoms. The maximum atomic E-state index is 12.1. The first-order chi connectivity index (χ1) is 9.31. The number of carbonyl (C=O) groups is 1. The molecule has 1 aromatic rings. The van der Waals surface area contributed by atoms with E-state index in [2.05, 4.69) is 9.84 Å². The fourth-order valence-corrected chi connectivity index (χ4v) is 2.23. The van der Waals surface area contributed by atoms with Gasteiger partial charge in [-0.2, -0.15) is 0 Å². The molecule has 0 aromatic carbocycles. The fraction of sp³-hybridized carbons (Fsp3) is 0.727. The zero-order valence-electron chi connectivity index (χ0n) is 11.5. The number of hydrogen-bond donors (Lipinski definition) is 3. The van der Waals surface area contributed by atoms with Crippen LogP contribution < -0.4 is 16.8 Å². The van der Waals surface area contributed by atoms with Gasteiger partial charge in [-0.1, -0.05) is 13.8 Å². The third kappa shape index (κ3) is 2.54. The number of H-pyrrole nitrogens is 1. The Bertz CT molecular complexity index is 600. The highest BCUT2D eigenvalue weighted by Gasteiger charge is 2.40. The third-order valence-corrected chi connectivity index (χ3v) is 3.29. The SMILES string of the molecule is CC(C)C1NC(O)N(CC(C)n2oc(=O)[nH]c2=O)C1=O. The second kappa shape index (κ2) is 5.25. The van der Waals surface area contributed by atoms with Gasteiger partial charge >= 0.3 is 11.4 Å². The van der Waals surface area contributed by atoms with Crippen molar-refractivity contribution in [1.82, 2.24) is 19.9 Å². The van der Waals surface area contributed by atoms with Gasteiger partial charge in [0, 0.05) is 6.54 Å². The number of hydrogen-bond acceptors (Lipinski definition) is 6. The Balaban J connectivity index is 2.14. The number of aliphatic hydroxyl groups is 1. The summed E-state index contributed by atoms with van der Waals surface area (Å²) in [5.41, 5.74) is -0.683. The number of nitrogens with zero attached hydrogens (tertiary/aromatic N) is 2. The van der Waals surface area contributed by atoms with Crippen molar-refractivity contribution in [3.8, 4) is 0 Å². The number of nitrogens with one attached hydrogen (secondary N) is 2. The summed E-state index contributed by atoms with van der Waals surface area (Å²) in [7, 11) is 0. The fourth-order valence-electron chi connectivity index (χ4n) is 2.23. The molecule has 1 fully saturated rings. The summed E-state index contributed by atoms with van der Waals surface area (Å²) < 4.78 is 5.54. The van der Waals surface area contributed by atoms with Crippen LogP contribution in [-0.4, -0.2) is 44.6 Å². The van der Waals surface area contributed by atoms with Crippen LogP contribution >= 0.6 is 0 Å². The molecule has 1 amide bonds. The molecule has 0 saturated carbocycles. The van der Waals surface area contributed by atoms with E-state index < -0.39 is 29.9 Å². The lowest BCUT2D eigenvalue weighted by Crippen LogP contribution is -2.41. The highest BCUT2D eigenvalue weighted by atomic mass is 16.5. The largest absolute Gasteiger partial charge is 0.440 e. The van der Waals surface area contributed by atoms with E-state index in [-0.39, 0.29) is 18.4 Å². The van der Waals surface area contributed by atoms with Crippen LogP contribution in [-0.2, 0) is 4.79 Å². The molecule has 3 unspecified atom stereocenters. The maximum absolute atomic E-state index is 12.1. The molecule has 0 spiro atoms. The van der Waals surface area contributed by atoms with E-state index in [4.69, 9.17) is 0 Å². The molecule has 0 bridgehead atoms. The number of carbonyl (C=O) groups excluding carboxylic acids is 1. The minimum absolute atomic E-state index is 0.0327. The van der Waals surface area contributed by atoms with Gasteiger partial charge in [0.1, 0.15) is 0 Å². The molecule has 9 heteroatoms. The van der Waals surface area contributed by atoms with Crippen molar-refractivity contribution in [3.05, 3.63) is 21.0 Å². The predicted octanol–water partition coefficient (Wildman–Crippen LogP) is -1.58. The Morgan fingerprint density at radius 2 is 1.95 bits per heavy atom. The van der Waals surface area contributed by atoms with Gasteiger partial charge in [0.25, 0.3) is 0 Å². The van der Waals surface area contributed by atoms with Crippen LogP contribution in [0.15, 0.2) is 14.1 Å². The Morgan fingerprint density at radius 3 is 2.40 bits per heavy atom. The Morgan fingerprint density at radius 1 is 1.30 bits per heavy atom. The molecule has 1 aromatic heterocycles. The standard InChI is InChI=1S/C11H18N4O5/c1-5(2)7-8(16)14(9(17)12-7)4-6(3)15-10(18)13-11(19)20-15/h5-7,9,12,17H,4H2,1-3H3,(H,13,18,19). The summed E-state index contributed by atoms with van der Waals surface area (Å²) >= 11 is 0. The first kappa shape index (κ1) is 14.5. The average Bonchev–Trinajstić information content (AvgIpc) is 2.82. The number of aromatic amines is 1. The molecule has 1 aliphatic rings. The van der Waals surface area contributed by atoms with Crippen LogP contribution in [0.2, 0.25) is 0 Å². The summed E-state index contributed by atoms with van der Waals surface area (Å²) in [5.74, 6) is -1.07. The molecule has 2 heterocycles. The maximum Gasteiger partial charge on any atom is 0.440 e. The first-order valence-corrected chi connectivity index (χ1v) is 6.38. The summed E-state index contributed by atoms with van der Waals surface area (Å²) in [4.78, 5) is 37.7. The molecule has 9 nitrogen and oxygen atoms in total. The molecule has 2 rings (SSSR count). The van der Waals surface area contributed by atoms with Crippen LogP contribution in [0.1, 0.15) is 26.8 Å². The molecule has 3 N–H and O–H groups in total. The van der Waals surface area contributed by atoms with Crippen LogP contribution in [0.5, 0.6) is 0 Å². The van der Waals surface area contributed by atoms with Crippen molar-refractivity contribution in [1.29, 1.82) is 0 Å². The molecule has 1 saturated heterocycles. The topological polar surface area (TPSA) is 121 Å². The Labute approximate surface area is 114 Å². The van der Waals surface area contributed by atoms with Crippen molar-refractivity contribution < 1.29 is 14.4 Å². The van der Waals surface area contributed by atoms with Crippen molar-refractivity contribution in [3.63, 3.8) is 0 Å². The van der Waals surface area contributed by atoms with Gasteiger partial charge in [-0.25, -0.2) is 14.6 Å². The smallest absolute Gasteiger partial charge is 0.361 e. The quantitative estimate of drug-likeness (QED) is 0.614. The average molecular weight is 286 g/mol. The summed E-state index contributed by atoms with van der Waals surface area (Å²) in [6.07, 6.45) is -1.11. The zero-order chi connectivity index (χ0) is 15.0. The number of aliphatic hydroxyl groups excluding tert-OH is 1. The second-order valence-electron chi connectivity index (χ2n) is 5.24. The Kier molecular flexibility index (Phi) is 3.82. The normalized spacial score (nSPS) is 24.6. The van der Waals surface area contributed by atoms with Gasteiger partial charge in [-0.05, 0) is 12.8 Å². The summed E-state index contributed by atoms with van der Waals surface area (Å²) in [6.45, 7) is 5.40. The van der Waals surface area contributed by atoms with Crippen LogP contribution in [0, 0.1) is 5.92 Å². The van der Waals surface area contributed by atoms with Crippen molar-refractivity contribution >= 4 is 5.91 Å². The van der Waals surface area contributed by atoms with E-state index in [1.807, 2.05) is 18.8 Å². The molecular formula is C11H18N4O5. The van der Waals surface area contributed by atoms with Crippen molar-refractivity contribution in [2.45, 2.75) is 39.2 Å².